The fourth-order valence-electron chi connectivity index (χ4n) is 9.31. The van der Waals surface area contributed by atoms with Crippen molar-refractivity contribution in [2.75, 3.05) is 6.61 Å². The van der Waals surface area contributed by atoms with E-state index in [4.69, 9.17) is 14.2 Å². The molecule has 11 nitrogen and oxygen atoms in total. The number of aliphatic hydroxyl groups is 3. The van der Waals surface area contributed by atoms with Crippen LogP contribution in [0.25, 0.3) is 0 Å². The number of carboxylic acids is 1. The fraction of sp³-hybridized carbons (Fsp3) is 0.862. The summed E-state index contributed by atoms with van der Waals surface area (Å²) in [6.07, 6.45) is -2.95. The predicted molar refractivity (Wildman–Crippen MR) is 136 cm³/mol. The molecular formula is C29H42O11. The SMILES string of the molecule is CC(=O)OCC(=O)[C@H]1CCC2C3CC[C@@H]4C[C@H](OC5O[C@H](C(=O)O)[C@@H](O)[C@@H](O)[C@H]5O)CC[C@]4(C)C3C(=O)C[C@@]21C. The molecule has 1 saturated heterocycles. The second kappa shape index (κ2) is 10.7. The van der Waals surface area contributed by atoms with Gasteiger partial charge in [-0.3, -0.25) is 14.4 Å². The Morgan fingerprint density at radius 2 is 1.70 bits per heavy atom. The molecule has 11 heteroatoms. The Kier molecular flexibility index (Phi) is 7.93. The fourth-order valence-corrected chi connectivity index (χ4v) is 9.31. The van der Waals surface area contributed by atoms with E-state index in [1.165, 1.54) is 6.92 Å². The van der Waals surface area contributed by atoms with Gasteiger partial charge < -0.3 is 34.6 Å². The molecule has 0 aromatic carbocycles. The molecule has 224 valence electrons. The van der Waals surface area contributed by atoms with Gasteiger partial charge in [0.05, 0.1) is 6.10 Å². The largest absolute Gasteiger partial charge is 0.479 e. The number of aliphatic carboxylic acids is 1. The Balaban J connectivity index is 1.27. The number of ketones is 2. The van der Waals surface area contributed by atoms with Gasteiger partial charge in [0.25, 0.3) is 0 Å². The zero-order valence-electron chi connectivity index (χ0n) is 23.4. The summed E-state index contributed by atoms with van der Waals surface area (Å²) in [4.78, 5) is 49.6. The van der Waals surface area contributed by atoms with Crippen LogP contribution in [0.5, 0.6) is 0 Å². The molecule has 0 aromatic rings. The van der Waals surface area contributed by atoms with E-state index in [-0.39, 0.29) is 59.3 Å². The zero-order valence-corrected chi connectivity index (χ0v) is 23.4. The van der Waals surface area contributed by atoms with E-state index in [2.05, 4.69) is 13.8 Å². The summed E-state index contributed by atoms with van der Waals surface area (Å²) < 4.78 is 16.3. The number of rotatable bonds is 6. The van der Waals surface area contributed by atoms with Crippen LogP contribution < -0.4 is 0 Å². The van der Waals surface area contributed by atoms with Crippen molar-refractivity contribution in [1.29, 1.82) is 0 Å². The zero-order chi connectivity index (χ0) is 29.1. The molecule has 5 rings (SSSR count). The molecule has 5 aliphatic rings. The Morgan fingerprint density at radius 1 is 0.975 bits per heavy atom. The van der Waals surface area contributed by atoms with Crippen molar-refractivity contribution >= 4 is 23.5 Å². The second-order valence-electron chi connectivity index (χ2n) is 13.3. The third-order valence-electron chi connectivity index (χ3n) is 11.2. The van der Waals surface area contributed by atoms with Crippen LogP contribution >= 0.6 is 0 Å². The topological polar surface area (TPSA) is 177 Å². The van der Waals surface area contributed by atoms with Crippen LogP contribution in [0.1, 0.15) is 72.1 Å². The summed E-state index contributed by atoms with van der Waals surface area (Å²) >= 11 is 0. The molecule has 0 amide bonds. The number of Topliss-reactive ketones (excluding diaryl/α,β-unsaturated/α-hetero) is 2. The molecule has 13 atom stereocenters. The smallest absolute Gasteiger partial charge is 0.335 e. The predicted octanol–water partition coefficient (Wildman–Crippen LogP) is 1.23. The minimum Gasteiger partial charge on any atom is -0.479 e. The van der Waals surface area contributed by atoms with Gasteiger partial charge in [-0.1, -0.05) is 13.8 Å². The highest BCUT2D eigenvalue weighted by atomic mass is 16.7. The molecule has 0 aromatic heterocycles. The first-order valence-electron chi connectivity index (χ1n) is 14.5. The molecule has 1 heterocycles. The van der Waals surface area contributed by atoms with Gasteiger partial charge in [-0.15, -0.1) is 0 Å². The number of carboxylic acid groups (broad SMARTS) is 1. The highest BCUT2D eigenvalue weighted by Gasteiger charge is 2.64. The molecule has 0 spiro atoms. The third kappa shape index (κ3) is 4.81. The minimum absolute atomic E-state index is 0.0982. The quantitative estimate of drug-likeness (QED) is 0.269. The second-order valence-corrected chi connectivity index (χ2v) is 13.3. The van der Waals surface area contributed by atoms with Crippen molar-refractivity contribution in [3.63, 3.8) is 0 Å². The van der Waals surface area contributed by atoms with Gasteiger partial charge >= 0.3 is 11.9 Å². The number of aliphatic hydroxyl groups excluding tert-OH is 3. The molecule has 1 aliphatic heterocycles. The number of carbonyl (C=O) groups is 4. The maximum absolute atomic E-state index is 13.9. The van der Waals surface area contributed by atoms with E-state index < -0.39 is 48.1 Å². The number of hydrogen-bond donors (Lipinski definition) is 4. The van der Waals surface area contributed by atoms with Crippen molar-refractivity contribution in [3.05, 3.63) is 0 Å². The van der Waals surface area contributed by atoms with Gasteiger partial charge in [0.15, 0.2) is 18.2 Å². The van der Waals surface area contributed by atoms with Crippen LogP contribution in [0.4, 0.5) is 0 Å². The minimum atomic E-state index is -1.77. The molecule has 0 bridgehead atoms. The normalized spacial score (nSPS) is 48.5. The van der Waals surface area contributed by atoms with Crippen molar-refractivity contribution in [2.24, 2.45) is 40.4 Å². The van der Waals surface area contributed by atoms with Crippen LogP contribution in [0, 0.1) is 40.4 Å². The number of carbonyl (C=O) groups excluding carboxylic acids is 3. The lowest BCUT2D eigenvalue weighted by atomic mass is 9.44. The van der Waals surface area contributed by atoms with Gasteiger partial charge in [-0.05, 0) is 73.5 Å². The average molecular weight is 567 g/mol. The molecule has 4 saturated carbocycles. The van der Waals surface area contributed by atoms with E-state index in [0.717, 1.165) is 19.3 Å². The summed E-state index contributed by atoms with van der Waals surface area (Å²) in [5.41, 5.74) is -0.675. The van der Waals surface area contributed by atoms with Crippen LogP contribution in [-0.2, 0) is 33.4 Å². The Labute approximate surface area is 233 Å². The number of hydrogen-bond acceptors (Lipinski definition) is 10. The average Bonchev–Trinajstić information content (AvgIpc) is 3.23. The van der Waals surface area contributed by atoms with Gasteiger partial charge in [0.2, 0.25) is 0 Å². The lowest BCUT2D eigenvalue weighted by molar-refractivity contribution is -0.309. The maximum atomic E-state index is 13.9. The number of esters is 1. The summed E-state index contributed by atoms with van der Waals surface area (Å²) in [6.45, 7) is 5.30. The van der Waals surface area contributed by atoms with E-state index in [1.54, 1.807) is 0 Å². The highest BCUT2D eigenvalue weighted by Crippen LogP contribution is 2.66. The molecular weight excluding hydrogens is 524 g/mol. The van der Waals surface area contributed by atoms with Crippen molar-refractivity contribution in [2.45, 2.75) is 109 Å². The van der Waals surface area contributed by atoms with Crippen LogP contribution in [0.15, 0.2) is 0 Å². The first-order valence-corrected chi connectivity index (χ1v) is 14.5. The third-order valence-corrected chi connectivity index (χ3v) is 11.2. The van der Waals surface area contributed by atoms with Crippen molar-refractivity contribution in [1.82, 2.24) is 0 Å². The Hall–Kier alpha value is -1.92. The Morgan fingerprint density at radius 3 is 2.38 bits per heavy atom. The maximum Gasteiger partial charge on any atom is 0.335 e. The summed E-state index contributed by atoms with van der Waals surface area (Å²) in [5.74, 6) is -1.62. The lowest BCUT2D eigenvalue weighted by Crippen LogP contribution is -2.61. The summed E-state index contributed by atoms with van der Waals surface area (Å²) in [5, 5.41) is 39.8. The molecule has 40 heavy (non-hydrogen) atoms. The van der Waals surface area contributed by atoms with Gasteiger partial charge in [-0.2, -0.15) is 0 Å². The molecule has 4 N–H and O–H groups in total. The van der Waals surface area contributed by atoms with Crippen LogP contribution in [0.3, 0.4) is 0 Å². The van der Waals surface area contributed by atoms with E-state index in [9.17, 15) is 39.6 Å². The standard InChI is InChI=1S/C29H42O11/c1-13(30)38-12-20(32)18-7-6-17-16-5-4-14-10-15(8-9-28(14,2)21(16)19(31)11-29(17,18)3)39-27-24(35)22(33)23(34)25(40-27)26(36)37/h14-18,21-25,27,33-35H,4-12H2,1-3H3,(H,36,37)/t14-,15-,16?,17?,18-,21?,22-,23+,24-,25+,27?,28+,29+/m1/s1. The van der Waals surface area contributed by atoms with Gasteiger partial charge in [0.1, 0.15) is 30.7 Å². The highest BCUT2D eigenvalue weighted by molar-refractivity contribution is 5.89. The number of ether oxygens (including phenoxy) is 3. The van der Waals surface area contributed by atoms with Crippen molar-refractivity contribution in [3.8, 4) is 0 Å². The summed E-state index contributed by atoms with van der Waals surface area (Å²) in [6, 6.07) is 0. The van der Waals surface area contributed by atoms with Gasteiger partial charge in [0, 0.05) is 25.2 Å². The van der Waals surface area contributed by atoms with E-state index in [0.29, 0.717) is 32.1 Å². The molecule has 4 aliphatic carbocycles. The van der Waals surface area contributed by atoms with Crippen LogP contribution in [0.2, 0.25) is 0 Å². The van der Waals surface area contributed by atoms with E-state index in [1.807, 2.05) is 0 Å². The van der Waals surface area contributed by atoms with Crippen LogP contribution in [-0.4, -0.2) is 87.3 Å². The summed E-state index contributed by atoms with van der Waals surface area (Å²) in [7, 11) is 0. The first-order chi connectivity index (χ1) is 18.8. The molecule has 5 fully saturated rings. The number of fused-ring (bicyclic) bond motifs is 5. The molecule has 4 unspecified atom stereocenters. The van der Waals surface area contributed by atoms with Gasteiger partial charge in [-0.25, -0.2) is 4.79 Å². The lowest BCUT2D eigenvalue weighted by Gasteiger charge is -2.60. The first kappa shape index (κ1) is 29.6. The van der Waals surface area contributed by atoms with E-state index >= 15 is 0 Å². The molecule has 0 radical (unpaired) electrons. The Bertz CT molecular complexity index is 1040. The van der Waals surface area contributed by atoms with Crippen molar-refractivity contribution < 1.29 is 53.8 Å². The monoisotopic (exact) mass is 566 g/mol.